The van der Waals surface area contributed by atoms with Gasteiger partial charge in [0.25, 0.3) is 5.91 Å². The fourth-order valence-electron chi connectivity index (χ4n) is 2.94. The van der Waals surface area contributed by atoms with Crippen LogP contribution in [0.2, 0.25) is 0 Å². The normalized spacial score (nSPS) is 13.1. The average molecular weight is 397 g/mol. The Bertz CT molecular complexity index is 906. The van der Waals surface area contributed by atoms with Crippen molar-refractivity contribution in [3.05, 3.63) is 72.0 Å². The number of carbonyl (C=O) groups excluding carboxylic acids is 2. The molecule has 146 valence electrons. The Morgan fingerprint density at radius 1 is 1.04 bits per heavy atom. The quantitative estimate of drug-likeness (QED) is 0.600. The second kappa shape index (κ2) is 9.46. The summed E-state index contributed by atoms with van der Waals surface area (Å²) in [4.78, 5) is 25.3. The summed E-state index contributed by atoms with van der Waals surface area (Å²) in [5.74, 6) is 0.990. The van der Waals surface area contributed by atoms with Crippen LogP contribution in [0.3, 0.4) is 0 Å². The maximum atomic E-state index is 12.8. The predicted molar refractivity (Wildman–Crippen MR) is 113 cm³/mol. The second-order valence-corrected chi connectivity index (χ2v) is 7.58. The highest BCUT2D eigenvalue weighted by atomic mass is 32.2. The van der Waals surface area contributed by atoms with Gasteiger partial charge in [-0.05, 0) is 49.6 Å². The molecule has 2 unspecified atom stereocenters. The second-order valence-electron chi connectivity index (χ2n) is 6.59. The molecule has 2 amide bonds. The third-order valence-corrected chi connectivity index (χ3v) is 5.14. The molecule has 5 nitrogen and oxygen atoms in total. The van der Waals surface area contributed by atoms with Gasteiger partial charge >= 0.3 is 0 Å². The molecule has 0 spiro atoms. The lowest BCUT2D eigenvalue weighted by atomic mass is 10.1. The van der Waals surface area contributed by atoms with E-state index < -0.39 is 6.04 Å². The number of para-hydroxylation sites is 1. The summed E-state index contributed by atoms with van der Waals surface area (Å²) < 4.78 is 5.84. The third-order valence-electron chi connectivity index (χ3n) is 4.50. The van der Waals surface area contributed by atoms with Crippen LogP contribution < -0.4 is 10.6 Å². The monoisotopic (exact) mass is 396 g/mol. The van der Waals surface area contributed by atoms with Gasteiger partial charge in [-0.1, -0.05) is 36.4 Å². The molecule has 2 N–H and O–H groups in total. The van der Waals surface area contributed by atoms with Crippen molar-refractivity contribution in [1.82, 2.24) is 10.6 Å². The van der Waals surface area contributed by atoms with Crippen LogP contribution in [0.4, 0.5) is 0 Å². The molecular weight excluding hydrogens is 372 g/mol. The number of furan rings is 1. The molecule has 0 saturated carbocycles. The highest BCUT2D eigenvalue weighted by Crippen LogP contribution is 2.23. The van der Waals surface area contributed by atoms with Gasteiger partial charge in [-0.2, -0.15) is 11.8 Å². The maximum Gasteiger partial charge on any atom is 0.251 e. The molecule has 0 saturated heterocycles. The van der Waals surface area contributed by atoms with E-state index in [1.807, 2.05) is 49.6 Å². The van der Waals surface area contributed by atoms with Gasteiger partial charge in [-0.3, -0.25) is 9.59 Å². The van der Waals surface area contributed by atoms with Crippen molar-refractivity contribution in [3.63, 3.8) is 0 Å². The largest absolute Gasteiger partial charge is 0.459 e. The molecule has 0 bridgehead atoms. The number of hydrogen-bond donors (Lipinski definition) is 2. The number of nitrogens with one attached hydrogen (secondary N) is 2. The van der Waals surface area contributed by atoms with Crippen LogP contribution in [-0.2, 0) is 4.79 Å². The van der Waals surface area contributed by atoms with Gasteiger partial charge in [-0.25, -0.2) is 0 Å². The number of thioether (sulfide) groups is 1. The number of benzene rings is 2. The first-order valence-electron chi connectivity index (χ1n) is 9.22. The molecule has 3 aromatic rings. The minimum atomic E-state index is -0.605. The van der Waals surface area contributed by atoms with Crippen LogP contribution in [0, 0.1) is 0 Å². The van der Waals surface area contributed by atoms with E-state index in [-0.39, 0.29) is 17.9 Å². The first kappa shape index (κ1) is 20.0. The summed E-state index contributed by atoms with van der Waals surface area (Å²) in [6.45, 7) is 1.88. The number of rotatable bonds is 8. The molecule has 1 heterocycles. The lowest BCUT2D eigenvalue weighted by Crippen LogP contribution is -2.47. The molecule has 2 atom stereocenters. The minimum Gasteiger partial charge on any atom is -0.459 e. The van der Waals surface area contributed by atoms with Crippen molar-refractivity contribution in [3.8, 4) is 0 Å². The summed E-state index contributed by atoms with van der Waals surface area (Å²) in [5.41, 5.74) is 1.32. The molecule has 0 aliphatic rings. The van der Waals surface area contributed by atoms with Crippen molar-refractivity contribution in [1.29, 1.82) is 0 Å². The zero-order valence-electron chi connectivity index (χ0n) is 16.0. The molecule has 3 rings (SSSR count). The maximum absolute atomic E-state index is 12.8. The van der Waals surface area contributed by atoms with Crippen LogP contribution in [0.15, 0.2) is 65.1 Å². The van der Waals surface area contributed by atoms with E-state index in [4.69, 9.17) is 4.42 Å². The van der Waals surface area contributed by atoms with E-state index in [1.54, 1.807) is 36.0 Å². The summed E-state index contributed by atoms with van der Waals surface area (Å²) in [7, 11) is 0. The molecule has 0 fully saturated rings. The van der Waals surface area contributed by atoms with Crippen molar-refractivity contribution in [2.45, 2.75) is 25.4 Å². The highest BCUT2D eigenvalue weighted by molar-refractivity contribution is 7.98. The van der Waals surface area contributed by atoms with E-state index in [9.17, 15) is 9.59 Å². The van der Waals surface area contributed by atoms with Crippen molar-refractivity contribution in [2.75, 3.05) is 12.0 Å². The highest BCUT2D eigenvalue weighted by Gasteiger charge is 2.23. The standard InChI is InChI=1S/C22H24N2O3S/c1-15(20-14-17-10-6-7-11-19(17)27-20)23-22(26)18(12-13-28-2)24-21(25)16-8-4-3-5-9-16/h3-11,14-15,18H,12-13H2,1-2H3,(H,23,26)(H,24,25). The molecule has 0 radical (unpaired) electrons. The Hall–Kier alpha value is -2.73. The Morgan fingerprint density at radius 3 is 2.46 bits per heavy atom. The van der Waals surface area contributed by atoms with Gasteiger partial charge in [0, 0.05) is 10.9 Å². The summed E-state index contributed by atoms with van der Waals surface area (Å²) >= 11 is 1.64. The average Bonchev–Trinajstić information content (AvgIpc) is 3.16. The van der Waals surface area contributed by atoms with Crippen molar-refractivity contribution >= 4 is 34.5 Å². The SMILES string of the molecule is CSCCC(NC(=O)c1ccccc1)C(=O)NC(C)c1cc2ccccc2o1. The lowest BCUT2D eigenvalue weighted by Gasteiger charge is -2.20. The molecular formula is C22H24N2O3S. The van der Waals surface area contributed by atoms with E-state index in [1.165, 1.54) is 0 Å². The topological polar surface area (TPSA) is 71.3 Å². The Morgan fingerprint density at radius 2 is 1.75 bits per heavy atom. The smallest absolute Gasteiger partial charge is 0.251 e. The minimum absolute atomic E-state index is 0.216. The van der Waals surface area contributed by atoms with Crippen molar-refractivity contribution in [2.24, 2.45) is 0 Å². The van der Waals surface area contributed by atoms with Gasteiger partial charge in [0.05, 0.1) is 6.04 Å². The number of fused-ring (bicyclic) bond motifs is 1. The van der Waals surface area contributed by atoms with E-state index >= 15 is 0 Å². The molecule has 0 aliphatic carbocycles. The first-order chi connectivity index (χ1) is 13.6. The van der Waals surface area contributed by atoms with Crippen LogP contribution in [0.5, 0.6) is 0 Å². The molecule has 28 heavy (non-hydrogen) atoms. The summed E-state index contributed by atoms with van der Waals surface area (Å²) in [5, 5.41) is 6.82. The summed E-state index contributed by atoms with van der Waals surface area (Å²) in [6.07, 6.45) is 2.53. The first-order valence-corrected chi connectivity index (χ1v) is 10.6. The molecule has 0 aliphatic heterocycles. The number of hydrogen-bond acceptors (Lipinski definition) is 4. The molecule has 2 aromatic carbocycles. The van der Waals surface area contributed by atoms with Gasteiger partial charge in [0.1, 0.15) is 17.4 Å². The fraction of sp³-hybridized carbons (Fsp3) is 0.273. The van der Waals surface area contributed by atoms with E-state index in [0.29, 0.717) is 17.7 Å². The lowest BCUT2D eigenvalue weighted by molar-refractivity contribution is -0.123. The Labute approximate surface area is 168 Å². The fourth-order valence-corrected chi connectivity index (χ4v) is 3.41. The van der Waals surface area contributed by atoms with Crippen LogP contribution in [0.25, 0.3) is 11.0 Å². The van der Waals surface area contributed by atoms with Crippen molar-refractivity contribution < 1.29 is 14.0 Å². The van der Waals surface area contributed by atoms with Gasteiger partial charge in [0.2, 0.25) is 5.91 Å². The Balaban J connectivity index is 1.68. The Kier molecular flexibility index (Phi) is 6.76. The van der Waals surface area contributed by atoms with Crippen LogP contribution in [-0.4, -0.2) is 29.9 Å². The van der Waals surface area contributed by atoms with E-state index in [0.717, 1.165) is 16.7 Å². The summed E-state index contributed by atoms with van der Waals surface area (Å²) in [6, 6.07) is 17.7. The zero-order valence-corrected chi connectivity index (χ0v) is 16.8. The van der Waals surface area contributed by atoms with Gasteiger partial charge in [-0.15, -0.1) is 0 Å². The van der Waals surface area contributed by atoms with Gasteiger partial charge < -0.3 is 15.1 Å². The third kappa shape index (κ3) is 4.95. The van der Waals surface area contributed by atoms with Crippen LogP contribution >= 0.6 is 11.8 Å². The molecule has 6 heteroatoms. The van der Waals surface area contributed by atoms with Gasteiger partial charge in [0.15, 0.2) is 0 Å². The van der Waals surface area contributed by atoms with E-state index in [2.05, 4.69) is 10.6 Å². The predicted octanol–water partition coefficient (Wildman–Crippen LogP) is 4.16. The van der Waals surface area contributed by atoms with Crippen LogP contribution in [0.1, 0.15) is 35.5 Å². The zero-order chi connectivity index (χ0) is 19.9. The number of carbonyl (C=O) groups is 2. The molecule has 1 aromatic heterocycles. The number of amides is 2.